The second kappa shape index (κ2) is 10.3. The van der Waals surface area contributed by atoms with Crippen LogP contribution in [0.15, 0.2) is 18.2 Å². The molecule has 1 amide bonds. The van der Waals surface area contributed by atoms with Gasteiger partial charge in [0.15, 0.2) is 0 Å². The number of aliphatic hydroxyl groups excluding tert-OH is 1. The number of carbonyl (C=O) groups is 2. The Morgan fingerprint density at radius 2 is 1.86 bits per heavy atom. The average Bonchev–Trinajstić information content (AvgIpc) is 2.47. The molecule has 0 saturated heterocycles. The van der Waals surface area contributed by atoms with Crippen LogP contribution in [0.25, 0.3) is 0 Å². The van der Waals surface area contributed by atoms with Crippen LogP contribution in [-0.2, 0) is 9.53 Å². The lowest BCUT2D eigenvalue weighted by Crippen LogP contribution is -2.15. The van der Waals surface area contributed by atoms with Crippen LogP contribution in [0.4, 0.5) is 4.79 Å². The van der Waals surface area contributed by atoms with Gasteiger partial charge in [0, 0.05) is 24.5 Å². The summed E-state index contributed by atoms with van der Waals surface area (Å²) in [4.78, 5) is 19.6. The summed E-state index contributed by atoms with van der Waals surface area (Å²) >= 11 is 0. The monoisotopic (exact) mass is 315 g/mol. The van der Waals surface area contributed by atoms with Gasteiger partial charge in [0.2, 0.25) is 0 Å². The molecule has 0 heterocycles. The molecule has 1 aromatic carbocycles. The summed E-state index contributed by atoms with van der Waals surface area (Å²) in [5.74, 6) is 0.580. The summed E-state index contributed by atoms with van der Waals surface area (Å²) in [6.07, 6.45) is -1.33. The van der Waals surface area contributed by atoms with E-state index < -0.39 is 6.09 Å². The highest BCUT2D eigenvalue weighted by Gasteiger charge is 2.17. The van der Waals surface area contributed by atoms with Crippen molar-refractivity contribution < 1.29 is 34.0 Å². The van der Waals surface area contributed by atoms with E-state index in [-0.39, 0.29) is 25.1 Å². The van der Waals surface area contributed by atoms with Gasteiger partial charge in [-0.25, -0.2) is 4.79 Å². The number of ether oxygens (including phenoxy) is 3. The van der Waals surface area contributed by atoms with Crippen molar-refractivity contribution in [3.8, 4) is 11.5 Å². The van der Waals surface area contributed by atoms with E-state index in [1.165, 1.54) is 6.92 Å². The van der Waals surface area contributed by atoms with Crippen LogP contribution in [0, 0.1) is 0 Å². The largest absolute Gasteiger partial charge is 0.497 e. The molecule has 124 valence electrons. The Kier molecular flexibility index (Phi) is 9.12. The number of hydrogen-bond donors (Lipinski definition) is 3. The van der Waals surface area contributed by atoms with Crippen LogP contribution < -0.4 is 15.2 Å². The number of carbonyl (C=O) groups excluding carboxylic acids is 1. The Labute approximate surface area is 128 Å². The normalized spacial score (nSPS) is 10.7. The lowest BCUT2D eigenvalue weighted by atomic mass is 9.99. The van der Waals surface area contributed by atoms with E-state index in [1.54, 1.807) is 32.4 Å². The summed E-state index contributed by atoms with van der Waals surface area (Å²) in [5, 5.41) is 16.6. The molecule has 0 aliphatic heterocycles. The van der Waals surface area contributed by atoms with Gasteiger partial charge in [0.05, 0.1) is 20.8 Å². The van der Waals surface area contributed by atoms with Crippen LogP contribution in [0.3, 0.4) is 0 Å². The zero-order valence-corrected chi connectivity index (χ0v) is 12.7. The third-order valence-electron chi connectivity index (χ3n) is 2.59. The maximum absolute atomic E-state index is 10.8. The van der Waals surface area contributed by atoms with Crippen molar-refractivity contribution in [3.05, 3.63) is 23.8 Å². The number of benzene rings is 1. The molecule has 0 aromatic heterocycles. The molecule has 0 fully saturated rings. The predicted molar refractivity (Wildman–Crippen MR) is 78.2 cm³/mol. The van der Waals surface area contributed by atoms with Crippen LogP contribution in [-0.4, -0.2) is 49.7 Å². The molecular weight excluding hydrogens is 294 g/mol. The molecule has 0 saturated carbocycles. The van der Waals surface area contributed by atoms with Gasteiger partial charge in [-0.05, 0) is 6.07 Å². The van der Waals surface area contributed by atoms with Crippen LogP contribution >= 0.6 is 0 Å². The first-order chi connectivity index (χ1) is 10.3. The molecule has 1 rings (SSSR count). The molecule has 0 radical (unpaired) electrons. The lowest BCUT2D eigenvalue weighted by Gasteiger charge is -2.18. The predicted octanol–water partition coefficient (Wildman–Crippen LogP) is 0.966. The smallest absolute Gasteiger partial charge is 0.402 e. The fraction of sp³-hybridized carbons (Fsp3) is 0.429. The Bertz CT molecular complexity index is 486. The number of esters is 1. The molecule has 8 nitrogen and oxygen atoms in total. The highest BCUT2D eigenvalue weighted by atomic mass is 16.5. The fourth-order valence-electron chi connectivity index (χ4n) is 1.61. The second-order valence-electron chi connectivity index (χ2n) is 4.13. The van der Waals surface area contributed by atoms with E-state index in [2.05, 4.69) is 5.73 Å². The third kappa shape index (κ3) is 7.34. The molecule has 0 spiro atoms. The van der Waals surface area contributed by atoms with Crippen LogP contribution in [0.5, 0.6) is 11.5 Å². The van der Waals surface area contributed by atoms with Crippen molar-refractivity contribution in [2.75, 3.05) is 27.4 Å². The zero-order valence-electron chi connectivity index (χ0n) is 12.7. The number of methoxy groups -OCH3 is 2. The summed E-state index contributed by atoms with van der Waals surface area (Å²) < 4.78 is 15.3. The Hall–Kier alpha value is -2.48. The van der Waals surface area contributed by atoms with E-state index >= 15 is 0 Å². The SMILES string of the molecule is COc1ccc(C(CO)COC(C)=O)c(OC)c1.NC(=O)O. The summed E-state index contributed by atoms with van der Waals surface area (Å²) in [5.41, 5.74) is 4.81. The molecular formula is C14H21NO7. The van der Waals surface area contributed by atoms with Crippen molar-refractivity contribution in [2.24, 2.45) is 5.73 Å². The van der Waals surface area contributed by atoms with Crippen molar-refractivity contribution in [1.29, 1.82) is 0 Å². The number of primary amides is 1. The van der Waals surface area contributed by atoms with E-state index in [1.807, 2.05) is 0 Å². The van der Waals surface area contributed by atoms with E-state index in [0.29, 0.717) is 11.5 Å². The van der Waals surface area contributed by atoms with Crippen molar-refractivity contribution >= 4 is 12.1 Å². The van der Waals surface area contributed by atoms with Gasteiger partial charge in [-0.2, -0.15) is 0 Å². The first-order valence-electron chi connectivity index (χ1n) is 6.30. The maximum atomic E-state index is 10.8. The first kappa shape index (κ1) is 19.5. The van der Waals surface area contributed by atoms with E-state index in [0.717, 1.165) is 5.56 Å². The quantitative estimate of drug-likeness (QED) is 0.667. The van der Waals surface area contributed by atoms with E-state index in [9.17, 15) is 9.90 Å². The molecule has 0 aliphatic rings. The highest BCUT2D eigenvalue weighted by Crippen LogP contribution is 2.30. The van der Waals surface area contributed by atoms with Gasteiger partial charge >= 0.3 is 12.1 Å². The van der Waals surface area contributed by atoms with Gasteiger partial charge < -0.3 is 30.2 Å². The van der Waals surface area contributed by atoms with Gasteiger partial charge in [-0.1, -0.05) is 6.07 Å². The minimum absolute atomic E-state index is 0.120. The van der Waals surface area contributed by atoms with Gasteiger partial charge in [-0.15, -0.1) is 0 Å². The molecule has 22 heavy (non-hydrogen) atoms. The van der Waals surface area contributed by atoms with E-state index in [4.69, 9.17) is 24.1 Å². The fourth-order valence-corrected chi connectivity index (χ4v) is 1.61. The van der Waals surface area contributed by atoms with Crippen molar-refractivity contribution in [3.63, 3.8) is 0 Å². The standard InChI is InChI=1S/C13H18O5.CH3NO2/c1-9(15)18-8-10(7-14)12-5-4-11(16-2)6-13(12)17-3;2-1(3)4/h4-6,10,14H,7-8H2,1-3H3;2H2,(H,3,4). The van der Waals surface area contributed by atoms with Crippen LogP contribution in [0.1, 0.15) is 18.4 Å². The number of nitrogens with two attached hydrogens (primary N) is 1. The maximum Gasteiger partial charge on any atom is 0.402 e. The Morgan fingerprint density at radius 1 is 1.27 bits per heavy atom. The number of carboxylic acid groups (broad SMARTS) is 1. The molecule has 1 atom stereocenters. The number of aliphatic hydroxyl groups is 1. The summed E-state index contributed by atoms with van der Waals surface area (Å²) in [7, 11) is 3.11. The molecule has 0 aliphatic carbocycles. The molecule has 4 N–H and O–H groups in total. The Balaban J connectivity index is 0.000000980. The number of amides is 1. The topological polar surface area (TPSA) is 128 Å². The third-order valence-corrected chi connectivity index (χ3v) is 2.59. The van der Waals surface area contributed by atoms with Crippen molar-refractivity contribution in [1.82, 2.24) is 0 Å². The summed E-state index contributed by atoms with van der Waals surface area (Å²) in [6.45, 7) is 1.32. The zero-order chi connectivity index (χ0) is 17.1. The second-order valence-corrected chi connectivity index (χ2v) is 4.13. The molecule has 1 aromatic rings. The molecule has 1 unspecified atom stereocenters. The van der Waals surface area contributed by atoms with Gasteiger partial charge in [-0.3, -0.25) is 4.79 Å². The minimum Gasteiger partial charge on any atom is -0.497 e. The van der Waals surface area contributed by atoms with Gasteiger partial charge in [0.1, 0.15) is 18.1 Å². The summed E-state index contributed by atoms with van der Waals surface area (Å²) in [6, 6.07) is 5.29. The first-order valence-corrected chi connectivity index (χ1v) is 6.30. The molecule has 0 bridgehead atoms. The minimum atomic E-state index is -1.33. The highest BCUT2D eigenvalue weighted by molar-refractivity contribution is 5.66. The number of hydrogen-bond acceptors (Lipinski definition) is 6. The molecule has 8 heteroatoms. The lowest BCUT2D eigenvalue weighted by molar-refractivity contribution is -0.141. The average molecular weight is 315 g/mol. The number of rotatable bonds is 6. The van der Waals surface area contributed by atoms with Gasteiger partial charge in [0.25, 0.3) is 0 Å². The Morgan fingerprint density at radius 3 is 2.27 bits per heavy atom. The van der Waals surface area contributed by atoms with Crippen molar-refractivity contribution in [2.45, 2.75) is 12.8 Å². The van der Waals surface area contributed by atoms with Crippen LogP contribution in [0.2, 0.25) is 0 Å².